The van der Waals surface area contributed by atoms with Crippen LogP contribution in [0.5, 0.6) is 23.0 Å². The predicted molar refractivity (Wildman–Crippen MR) is 171 cm³/mol. The lowest BCUT2D eigenvalue weighted by molar-refractivity contribution is -0.134. The summed E-state index contributed by atoms with van der Waals surface area (Å²) in [5.74, 6) is -0.395. The van der Waals surface area contributed by atoms with E-state index >= 15 is 4.39 Å². The molecule has 1 fully saturated rings. The number of carbonyl (C=O) groups excluding carboxylic acids is 3. The molecule has 246 valence electrons. The van der Waals surface area contributed by atoms with Gasteiger partial charge in [0.1, 0.15) is 18.2 Å². The number of halogens is 2. The van der Waals surface area contributed by atoms with E-state index in [1.165, 1.54) is 43.5 Å². The molecule has 5 rings (SSSR count). The average Bonchev–Trinajstić information content (AvgIpc) is 3.89. The second-order valence-electron chi connectivity index (χ2n) is 11.8. The molecule has 0 atom stereocenters. The lowest BCUT2D eigenvalue weighted by atomic mass is 9.88. The number of nitrogens with zero attached hydrogens (tertiary/aromatic N) is 1. The highest BCUT2D eigenvalue weighted by atomic mass is 19.1. The maximum atomic E-state index is 15.3. The molecule has 1 N–H and O–H groups in total. The summed E-state index contributed by atoms with van der Waals surface area (Å²) in [6.45, 7) is -0.00362. The third-order valence-electron chi connectivity index (χ3n) is 8.45. The van der Waals surface area contributed by atoms with Crippen molar-refractivity contribution in [2.24, 2.45) is 5.41 Å². The number of unbranched alkanes of at least 4 members (excludes halogenated alkanes) is 3. The first-order valence-corrected chi connectivity index (χ1v) is 15.7. The first-order chi connectivity index (χ1) is 22.7. The van der Waals surface area contributed by atoms with Gasteiger partial charge < -0.3 is 19.3 Å². The molecule has 0 unspecified atom stereocenters. The number of fused-ring (bicyclic) bond motifs is 1. The highest BCUT2D eigenvalue weighted by molar-refractivity contribution is 6.11. The second-order valence-corrected chi connectivity index (χ2v) is 11.8. The van der Waals surface area contributed by atoms with E-state index in [0.29, 0.717) is 65.1 Å². The van der Waals surface area contributed by atoms with Crippen LogP contribution in [-0.4, -0.2) is 47.8 Å². The predicted octanol–water partition coefficient (Wildman–Crippen LogP) is 6.91. The molecule has 0 spiro atoms. The molecule has 8 nitrogen and oxygen atoms in total. The van der Waals surface area contributed by atoms with Gasteiger partial charge in [-0.15, -0.1) is 0 Å². The minimum absolute atomic E-state index is 0.0415. The van der Waals surface area contributed by atoms with Crippen molar-refractivity contribution in [2.45, 2.75) is 57.8 Å². The molecule has 0 bridgehead atoms. The highest BCUT2D eigenvalue weighted by Gasteiger charge is 2.54. The van der Waals surface area contributed by atoms with Gasteiger partial charge in [-0.1, -0.05) is 31.0 Å². The molecule has 1 heterocycles. The Morgan fingerprint density at radius 1 is 0.809 bits per heavy atom. The van der Waals surface area contributed by atoms with Gasteiger partial charge in [-0.25, -0.2) is 8.78 Å². The fraction of sp³-hybridized carbons (Fsp3) is 0.351. The van der Waals surface area contributed by atoms with Crippen LogP contribution in [0.2, 0.25) is 0 Å². The van der Waals surface area contributed by atoms with Crippen molar-refractivity contribution in [1.82, 2.24) is 4.98 Å². The molecule has 0 amide bonds. The normalized spacial score (nSPS) is 13.3. The maximum Gasteiger partial charge on any atom is 0.166 e. The summed E-state index contributed by atoms with van der Waals surface area (Å²) < 4.78 is 46.0. The number of carbonyl (C=O) groups is 3. The molecule has 0 saturated heterocycles. The Labute approximate surface area is 271 Å². The number of benzene rings is 3. The number of aliphatic hydroxyl groups excluding tert-OH is 1. The zero-order chi connectivity index (χ0) is 33.4. The number of aromatic nitrogens is 1. The van der Waals surface area contributed by atoms with Gasteiger partial charge >= 0.3 is 0 Å². The fourth-order valence-electron chi connectivity index (χ4n) is 5.53. The van der Waals surface area contributed by atoms with Crippen LogP contribution in [0.1, 0.15) is 56.1 Å². The van der Waals surface area contributed by atoms with Crippen LogP contribution < -0.4 is 14.2 Å². The number of ether oxygens (including phenoxy) is 3. The molecule has 3 aromatic carbocycles. The molecule has 1 aromatic heterocycles. The number of methoxy groups -OCH3 is 1. The lowest BCUT2D eigenvalue weighted by Crippen LogP contribution is -2.28. The first kappa shape index (κ1) is 33.7. The van der Waals surface area contributed by atoms with Gasteiger partial charge in [0.15, 0.2) is 40.4 Å². The molecule has 47 heavy (non-hydrogen) atoms. The Kier molecular flexibility index (Phi) is 10.9. The van der Waals surface area contributed by atoms with Crippen LogP contribution in [0.25, 0.3) is 10.9 Å². The third kappa shape index (κ3) is 8.37. The van der Waals surface area contributed by atoms with Gasteiger partial charge in [0.05, 0.1) is 24.6 Å². The van der Waals surface area contributed by atoms with E-state index in [1.54, 1.807) is 30.5 Å². The zero-order valence-electron chi connectivity index (χ0n) is 26.2. The summed E-state index contributed by atoms with van der Waals surface area (Å²) in [6.07, 6.45) is 5.96. The zero-order valence-corrected chi connectivity index (χ0v) is 26.2. The van der Waals surface area contributed by atoms with Gasteiger partial charge in [-0.2, -0.15) is 0 Å². The lowest BCUT2D eigenvalue weighted by Gasteiger charge is -2.15. The molecule has 0 aliphatic heterocycles. The molecule has 1 aliphatic carbocycles. The van der Waals surface area contributed by atoms with E-state index < -0.39 is 23.7 Å². The topological polar surface area (TPSA) is 112 Å². The van der Waals surface area contributed by atoms with Crippen LogP contribution >= 0.6 is 0 Å². The molecule has 10 heteroatoms. The SMILES string of the molecule is COc1cc2nccc(Oc3ccc(CC(=O)C4(C(=O)Cc5ccc(F)cc5)CC4)cc3F)c2cc1OCCCCCCC(=O)CO. The quantitative estimate of drug-likeness (QED) is 0.0918. The van der Waals surface area contributed by atoms with E-state index in [1.807, 2.05) is 0 Å². The Bertz CT molecular complexity index is 1750. The van der Waals surface area contributed by atoms with Crippen LogP contribution in [0.15, 0.2) is 66.9 Å². The van der Waals surface area contributed by atoms with Gasteiger partial charge in [-0.05, 0) is 73.2 Å². The van der Waals surface area contributed by atoms with Crippen LogP contribution in [-0.2, 0) is 27.2 Å². The van der Waals surface area contributed by atoms with E-state index in [2.05, 4.69) is 4.98 Å². The number of hydrogen-bond acceptors (Lipinski definition) is 8. The van der Waals surface area contributed by atoms with Crippen molar-refractivity contribution < 1.29 is 42.5 Å². The van der Waals surface area contributed by atoms with Crippen molar-refractivity contribution >= 4 is 28.3 Å². The van der Waals surface area contributed by atoms with Crippen molar-refractivity contribution in [3.63, 3.8) is 0 Å². The molecule has 1 saturated carbocycles. The monoisotopic (exact) mass is 645 g/mol. The van der Waals surface area contributed by atoms with Crippen molar-refractivity contribution in [3.8, 4) is 23.0 Å². The smallest absolute Gasteiger partial charge is 0.166 e. The van der Waals surface area contributed by atoms with E-state index in [-0.39, 0.29) is 35.9 Å². The number of ketones is 3. The van der Waals surface area contributed by atoms with Crippen LogP contribution in [0.4, 0.5) is 8.78 Å². The standard InChI is InChI=1S/C37H37F2NO7/c1-45-33-22-30-28(21-34(33)46-17-5-3-2-4-6-27(42)23-41)31(13-16-40-30)47-32-12-9-25(18-29(32)39)20-36(44)37(14-15-37)35(43)19-24-7-10-26(38)11-8-24/h7-13,16,18,21-22,41H,2-6,14-15,17,19-20,23H2,1H3. The summed E-state index contributed by atoms with van der Waals surface area (Å²) in [6, 6.07) is 15.0. The summed E-state index contributed by atoms with van der Waals surface area (Å²) in [5.41, 5.74) is 0.561. The van der Waals surface area contributed by atoms with Gasteiger partial charge in [0.25, 0.3) is 0 Å². The highest BCUT2D eigenvalue weighted by Crippen LogP contribution is 2.49. The summed E-state index contributed by atoms with van der Waals surface area (Å²) in [5, 5.41) is 9.41. The van der Waals surface area contributed by atoms with E-state index in [0.717, 1.165) is 25.7 Å². The molecular weight excluding hydrogens is 608 g/mol. The summed E-state index contributed by atoms with van der Waals surface area (Å²) in [7, 11) is 1.53. The second kappa shape index (κ2) is 15.3. The Balaban J connectivity index is 1.22. The molecule has 0 radical (unpaired) electrons. The first-order valence-electron chi connectivity index (χ1n) is 15.7. The van der Waals surface area contributed by atoms with Gasteiger partial charge in [-0.3, -0.25) is 19.4 Å². The number of aliphatic hydroxyl groups is 1. The largest absolute Gasteiger partial charge is 0.493 e. The van der Waals surface area contributed by atoms with Crippen molar-refractivity contribution in [3.05, 3.63) is 89.6 Å². The summed E-state index contributed by atoms with van der Waals surface area (Å²) >= 11 is 0. The number of Topliss-reactive ketones (excluding diaryl/α,β-unsaturated/α-hetero) is 3. The minimum atomic E-state index is -1.07. The minimum Gasteiger partial charge on any atom is -0.493 e. The molecular formula is C37H37F2NO7. The van der Waals surface area contributed by atoms with E-state index in [4.69, 9.17) is 19.3 Å². The van der Waals surface area contributed by atoms with Crippen molar-refractivity contribution in [2.75, 3.05) is 20.3 Å². The van der Waals surface area contributed by atoms with Gasteiger partial charge in [0, 0.05) is 36.9 Å². The summed E-state index contributed by atoms with van der Waals surface area (Å²) in [4.78, 5) is 41.8. The number of pyridine rings is 1. The van der Waals surface area contributed by atoms with E-state index in [9.17, 15) is 18.8 Å². The third-order valence-corrected chi connectivity index (χ3v) is 8.45. The van der Waals surface area contributed by atoms with Crippen LogP contribution in [0.3, 0.4) is 0 Å². The van der Waals surface area contributed by atoms with Crippen LogP contribution in [0, 0.1) is 17.0 Å². The van der Waals surface area contributed by atoms with Crippen molar-refractivity contribution in [1.29, 1.82) is 0 Å². The van der Waals surface area contributed by atoms with Gasteiger partial charge in [0.2, 0.25) is 0 Å². The average molecular weight is 646 g/mol. The molecule has 4 aromatic rings. The molecule has 1 aliphatic rings. The number of hydrogen-bond donors (Lipinski definition) is 1. The Morgan fingerprint density at radius 2 is 1.51 bits per heavy atom. The Hall–Kier alpha value is -4.70. The Morgan fingerprint density at radius 3 is 2.19 bits per heavy atom. The number of rotatable bonds is 18. The fourth-order valence-corrected chi connectivity index (χ4v) is 5.53. The maximum absolute atomic E-state index is 15.3.